The van der Waals surface area contributed by atoms with Gasteiger partial charge in [0.05, 0.1) is 10.8 Å². The fourth-order valence-corrected chi connectivity index (χ4v) is 3.04. The second-order valence-electron chi connectivity index (χ2n) is 5.52. The number of nitrogens with one attached hydrogen (secondary N) is 1. The zero-order valence-electron chi connectivity index (χ0n) is 12.9. The van der Waals surface area contributed by atoms with Crippen molar-refractivity contribution >= 4 is 44.8 Å². The number of rotatable bonds is 4. The van der Waals surface area contributed by atoms with Crippen molar-refractivity contribution in [2.45, 2.75) is 6.42 Å². The van der Waals surface area contributed by atoms with Crippen molar-refractivity contribution < 1.29 is 14.5 Å². The van der Waals surface area contributed by atoms with E-state index in [1.165, 1.54) is 17.2 Å². The molecule has 1 fully saturated rings. The molecule has 1 aliphatic rings. The van der Waals surface area contributed by atoms with Gasteiger partial charge in [0.25, 0.3) is 0 Å². The van der Waals surface area contributed by atoms with Crippen LogP contribution in [0.5, 0.6) is 0 Å². The first-order chi connectivity index (χ1) is 12.0. The Hall–Kier alpha value is -2.81. The molecular formula is C16H13BrN4O4. The molecule has 2 amide bonds. The average molecular weight is 405 g/mol. The molecule has 8 nitrogen and oxygen atoms in total. The number of amides is 2. The van der Waals surface area contributed by atoms with Gasteiger partial charge in [0.1, 0.15) is 11.9 Å². The molecule has 1 saturated heterocycles. The van der Waals surface area contributed by atoms with E-state index in [1.54, 1.807) is 18.2 Å². The molecule has 0 spiro atoms. The number of nitro groups is 1. The van der Waals surface area contributed by atoms with E-state index in [0.29, 0.717) is 5.69 Å². The molecule has 25 heavy (non-hydrogen) atoms. The molecule has 1 atom stereocenters. The van der Waals surface area contributed by atoms with Gasteiger partial charge in [-0.15, -0.1) is 0 Å². The lowest BCUT2D eigenvalue weighted by Crippen LogP contribution is -2.28. The highest BCUT2D eigenvalue weighted by Crippen LogP contribution is 2.29. The van der Waals surface area contributed by atoms with Crippen LogP contribution in [0.3, 0.4) is 0 Å². The minimum Gasteiger partial charge on any atom is -0.320 e. The van der Waals surface area contributed by atoms with Crippen LogP contribution < -0.4 is 10.2 Å². The van der Waals surface area contributed by atoms with Crippen LogP contribution in [0.2, 0.25) is 0 Å². The van der Waals surface area contributed by atoms with Crippen molar-refractivity contribution in [1.82, 2.24) is 4.98 Å². The lowest BCUT2D eigenvalue weighted by Gasteiger charge is -2.17. The largest absolute Gasteiger partial charge is 0.320 e. The first-order valence-corrected chi connectivity index (χ1v) is 8.20. The highest BCUT2D eigenvalue weighted by atomic mass is 79.9. The molecule has 9 heteroatoms. The van der Waals surface area contributed by atoms with Gasteiger partial charge in [0.15, 0.2) is 0 Å². The van der Waals surface area contributed by atoms with E-state index in [-0.39, 0.29) is 30.2 Å². The molecule has 0 radical (unpaired) electrons. The Balaban J connectivity index is 1.74. The zero-order chi connectivity index (χ0) is 18.0. The van der Waals surface area contributed by atoms with E-state index in [0.717, 1.165) is 10.7 Å². The average Bonchev–Trinajstić information content (AvgIpc) is 2.97. The number of nitrogens with zero attached hydrogens (tertiary/aromatic N) is 3. The van der Waals surface area contributed by atoms with Crippen molar-refractivity contribution in [2.24, 2.45) is 5.92 Å². The van der Waals surface area contributed by atoms with Crippen LogP contribution in [0, 0.1) is 16.0 Å². The Morgan fingerprint density at radius 2 is 2.20 bits per heavy atom. The standard InChI is InChI=1S/C16H13BrN4O4/c17-11-2-1-3-12(7-11)20-9-10(6-15(20)22)16(23)19-13-4-5-18-8-14(13)21(24)25/h1-5,7-8,10H,6,9H2,(H,18,19,23). The topological polar surface area (TPSA) is 105 Å². The third-order valence-corrected chi connectivity index (χ3v) is 4.36. The summed E-state index contributed by atoms with van der Waals surface area (Å²) < 4.78 is 0.832. The highest BCUT2D eigenvalue weighted by Gasteiger charge is 2.35. The molecule has 1 aromatic heterocycles. The van der Waals surface area contributed by atoms with E-state index in [1.807, 2.05) is 6.07 Å². The van der Waals surface area contributed by atoms with E-state index < -0.39 is 16.7 Å². The van der Waals surface area contributed by atoms with Gasteiger partial charge in [-0.25, -0.2) is 0 Å². The summed E-state index contributed by atoms with van der Waals surface area (Å²) in [5, 5.41) is 13.5. The molecular weight excluding hydrogens is 392 g/mol. The highest BCUT2D eigenvalue weighted by molar-refractivity contribution is 9.10. The van der Waals surface area contributed by atoms with Crippen LogP contribution >= 0.6 is 15.9 Å². The number of carbonyl (C=O) groups is 2. The molecule has 2 heterocycles. The fourth-order valence-electron chi connectivity index (χ4n) is 2.65. The van der Waals surface area contributed by atoms with Gasteiger partial charge in [0.2, 0.25) is 11.8 Å². The maximum atomic E-state index is 12.4. The summed E-state index contributed by atoms with van der Waals surface area (Å²) in [5.41, 5.74) is 0.479. The number of pyridine rings is 1. The normalized spacial score (nSPS) is 16.8. The predicted molar refractivity (Wildman–Crippen MR) is 94.1 cm³/mol. The number of benzene rings is 1. The van der Waals surface area contributed by atoms with Crippen molar-refractivity contribution in [3.8, 4) is 0 Å². The molecule has 1 aromatic carbocycles. The number of halogens is 1. The lowest BCUT2D eigenvalue weighted by atomic mass is 10.1. The predicted octanol–water partition coefficient (Wildman–Crippen LogP) is 2.74. The summed E-state index contributed by atoms with van der Waals surface area (Å²) in [4.78, 5) is 40.3. The molecule has 0 bridgehead atoms. The number of aromatic nitrogens is 1. The summed E-state index contributed by atoms with van der Waals surface area (Å²) in [7, 11) is 0. The molecule has 1 aliphatic heterocycles. The Morgan fingerprint density at radius 1 is 1.40 bits per heavy atom. The van der Waals surface area contributed by atoms with E-state index in [9.17, 15) is 19.7 Å². The van der Waals surface area contributed by atoms with E-state index in [2.05, 4.69) is 26.2 Å². The minimum atomic E-state index is -0.615. The molecule has 128 valence electrons. The van der Waals surface area contributed by atoms with Crippen molar-refractivity contribution in [2.75, 3.05) is 16.8 Å². The maximum Gasteiger partial charge on any atom is 0.310 e. The van der Waals surface area contributed by atoms with Gasteiger partial charge in [-0.2, -0.15) is 0 Å². The minimum absolute atomic E-state index is 0.0528. The van der Waals surface area contributed by atoms with E-state index >= 15 is 0 Å². The monoisotopic (exact) mass is 404 g/mol. The third-order valence-electron chi connectivity index (χ3n) is 3.87. The van der Waals surface area contributed by atoms with Crippen LogP contribution in [-0.2, 0) is 9.59 Å². The summed E-state index contributed by atoms with van der Waals surface area (Å²) in [6, 6.07) is 8.60. The van der Waals surface area contributed by atoms with Gasteiger partial charge in [-0.1, -0.05) is 22.0 Å². The van der Waals surface area contributed by atoms with Crippen LogP contribution in [0.15, 0.2) is 47.2 Å². The first-order valence-electron chi connectivity index (χ1n) is 7.41. The van der Waals surface area contributed by atoms with Gasteiger partial charge in [-0.05, 0) is 24.3 Å². The Bertz CT molecular complexity index is 858. The molecule has 3 rings (SSSR count). The van der Waals surface area contributed by atoms with Crippen LogP contribution in [-0.4, -0.2) is 28.3 Å². The molecule has 2 aromatic rings. The summed E-state index contributed by atoms with van der Waals surface area (Å²) >= 11 is 3.35. The first kappa shape index (κ1) is 17.0. The van der Waals surface area contributed by atoms with Gasteiger partial charge < -0.3 is 10.2 Å². The van der Waals surface area contributed by atoms with Crippen LogP contribution in [0.4, 0.5) is 17.1 Å². The van der Waals surface area contributed by atoms with Crippen LogP contribution in [0.1, 0.15) is 6.42 Å². The van der Waals surface area contributed by atoms with Gasteiger partial charge >= 0.3 is 5.69 Å². The zero-order valence-corrected chi connectivity index (χ0v) is 14.5. The van der Waals surface area contributed by atoms with Crippen LogP contribution in [0.25, 0.3) is 0 Å². The summed E-state index contributed by atoms with van der Waals surface area (Å²) in [5.74, 6) is -1.18. The third kappa shape index (κ3) is 3.66. The summed E-state index contributed by atoms with van der Waals surface area (Å²) in [6.45, 7) is 0.222. The molecule has 1 N–H and O–H groups in total. The Labute approximate surface area is 151 Å². The van der Waals surface area contributed by atoms with Gasteiger partial charge in [-0.3, -0.25) is 24.7 Å². The quantitative estimate of drug-likeness (QED) is 0.622. The molecule has 1 unspecified atom stereocenters. The Morgan fingerprint density at radius 3 is 2.92 bits per heavy atom. The van der Waals surface area contributed by atoms with Crippen molar-refractivity contribution in [3.63, 3.8) is 0 Å². The number of hydrogen-bond acceptors (Lipinski definition) is 5. The fraction of sp³-hybridized carbons (Fsp3) is 0.188. The smallest absolute Gasteiger partial charge is 0.310 e. The molecule has 0 aliphatic carbocycles. The SMILES string of the molecule is O=C(Nc1ccncc1[N+](=O)[O-])C1CC(=O)N(c2cccc(Br)c2)C1. The summed E-state index contributed by atoms with van der Waals surface area (Å²) in [6.07, 6.45) is 2.48. The number of hydrogen-bond donors (Lipinski definition) is 1. The second-order valence-corrected chi connectivity index (χ2v) is 6.44. The number of carbonyl (C=O) groups excluding carboxylic acids is 2. The van der Waals surface area contributed by atoms with Gasteiger partial charge in [0, 0.05) is 29.3 Å². The van der Waals surface area contributed by atoms with Crippen molar-refractivity contribution in [1.29, 1.82) is 0 Å². The number of anilines is 2. The molecule has 0 saturated carbocycles. The van der Waals surface area contributed by atoms with Crippen molar-refractivity contribution in [3.05, 3.63) is 57.3 Å². The maximum absolute atomic E-state index is 12.4. The van der Waals surface area contributed by atoms with E-state index in [4.69, 9.17) is 0 Å². The Kier molecular flexibility index (Phi) is 4.75. The second kappa shape index (κ2) is 6.98. The lowest BCUT2D eigenvalue weighted by molar-refractivity contribution is -0.384.